The van der Waals surface area contributed by atoms with Crippen molar-refractivity contribution < 1.29 is 6.15 Å². The fourth-order valence-corrected chi connectivity index (χ4v) is 12.4. The summed E-state index contributed by atoms with van der Waals surface area (Å²) in [6.45, 7) is 12.8. The third-order valence-electron chi connectivity index (χ3n) is 3.21. The Morgan fingerprint density at radius 3 is 1.67 bits per heavy atom. The average molecular weight is 322 g/mol. The molecule has 1 aliphatic rings. The van der Waals surface area contributed by atoms with Crippen LogP contribution in [0.15, 0.2) is 0 Å². The van der Waals surface area contributed by atoms with Gasteiger partial charge in [-0.05, 0) is 0 Å². The summed E-state index contributed by atoms with van der Waals surface area (Å²) < 4.78 is 13.6. The van der Waals surface area contributed by atoms with E-state index in [1.807, 2.05) is 0 Å². The molecule has 0 amide bonds. The van der Waals surface area contributed by atoms with Crippen LogP contribution in [0.5, 0.6) is 0 Å². The minimum atomic E-state index is -2.79. The zero-order valence-electron chi connectivity index (χ0n) is 10.7. The summed E-state index contributed by atoms with van der Waals surface area (Å²) in [6, 6.07) is 0. The topological polar surface area (TPSA) is 21.7 Å². The first-order valence-corrected chi connectivity index (χ1v) is 11.6. The Balaban J connectivity index is 2.70. The molecule has 0 aromatic rings. The maximum atomic E-state index is 6.21. The summed E-state index contributed by atoms with van der Waals surface area (Å²) in [4.78, 5) is 2.27. The van der Waals surface area contributed by atoms with Gasteiger partial charge in [-0.2, -0.15) is 0 Å². The van der Waals surface area contributed by atoms with Crippen molar-refractivity contribution in [1.82, 2.24) is 4.90 Å². The van der Waals surface area contributed by atoms with Gasteiger partial charge in [0.25, 0.3) is 0 Å². The molecule has 0 atom stereocenters. The Morgan fingerprint density at radius 2 is 1.33 bits per heavy atom. The zero-order chi connectivity index (χ0) is 11.5. The molecular formula is C11H25NO2Sn. The molecule has 0 unspecified atom stereocenters. The van der Waals surface area contributed by atoms with E-state index in [1.54, 1.807) is 0 Å². The normalized spacial score (nSPS) is 24.2. The third-order valence-corrected chi connectivity index (χ3v) is 16.1. The van der Waals surface area contributed by atoms with E-state index in [2.05, 4.69) is 39.6 Å². The van der Waals surface area contributed by atoms with Gasteiger partial charge >= 0.3 is 99.2 Å². The SMILES string of the molecule is C[CH](C)[Sn]1([CH](C)C)[O]CCN(C)CC[O]1. The van der Waals surface area contributed by atoms with Crippen LogP contribution >= 0.6 is 0 Å². The molecule has 0 bridgehead atoms. The van der Waals surface area contributed by atoms with Crippen LogP contribution in [0, 0.1) is 0 Å². The number of likely N-dealkylation sites (N-methyl/N-ethyl adjacent to an activating group) is 1. The van der Waals surface area contributed by atoms with Crippen LogP contribution in [-0.2, 0) is 6.15 Å². The molecule has 0 saturated carbocycles. The van der Waals surface area contributed by atoms with Crippen LogP contribution in [-0.4, -0.2) is 57.5 Å². The molecule has 0 aliphatic carbocycles. The molecule has 0 radical (unpaired) electrons. The van der Waals surface area contributed by atoms with Gasteiger partial charge in [-0.15, -0.1) is 0 Å². The number of hydrogen-bond acceptors (Lipinski definition) is 3. The molecule has 1 fully saturated rings. The molecule has 3 nitrogen and oxygen atoms in total. The van der Waals surface area contributed by atoms with E-state index in [0.717, 1.165) is 26.3 Å². The Labute approximate surface area is 99.1 Å². The van der Waals surface area contributed by atoms with Gasteiger partial charge in [-0.3, -0.25) is 0 Å². The summed E-state index contributed by atoms with van der Waals surface area (Å²) in [5.74, 6) is 0. The Hall–Kier alpha value is 0.679. The second-order valence-corrected chi connectivity index (χ2v) is 17.4. The first-order valence-electron chi connectivity index (χ1n) is 5.95. The number of hydrogen-bond donors (Lipinski definition) is 0. The molecule has 1 saturated heterocycles. The van der Waals surface area contributed by atoms with Crippen molar-refractivity contribution in [2.24, 2.45) is 0 Å². The summed E-state index contributed by atoms with van der Waals surface area (Å²) in [5, 5.41) is 0. The van der Waals surface area contributed by atoms with Crippen molar-refractivity contribution in [2.75, 3.05) is 33.4 Å². The Bertz CT molecular complexity index is 177. The van der Waals surface area contributed by atoms with Gasteiger partial charge in [0.2, 0.25) is 0 Å². The van der Waals surface area contributed by atoms with E-state index in [9.17, 15) is 0 Å². The van der Waals surface area contributed by atoms with Crippen LogP contribution in [0.2, 0.25) is 7.87 Å². The zero-order valence-corrected chi connectivity index (χ0v) is 13.6. The monoisotopic (exact) mass is 323 g/mol. The minimum absolute atomic E-state index is 0.600. The third kappa shape index (κ3) is 3.32. The van der Waals surface area contributed by atoms with Gasteiger partial charge in [0.05, 0.1) is 0 Å². The summed E-state index contributed by atoms with van der Waals surface area (Å²) >= 11 is -2.79. The second kappa shape index (κ2) is 5.84. The van der Waals surface area contributed by atoms with E-state index in [1.165, 1.54) is 0 Å². The summed E-state index contributed by atoms with van der Waals surface area (Å²) in [5.41, 5.74) is 0. The van der Waals surface area contributed by atoms with Crippen LogP contribution < -0.4 is 0 Å². The van der Waals surface area contributed by atoms with Crippen molar-refractivity contribution in [3.05, 3.63) is 0 Å². The Kier molecular flexibility index (Phi) is 5.35. The fraction of sp³-hybridized carbons (Fsp3) is 1.00. The molecule has 15 heavy (non-hydrogen) atoms. The van der Waals surface area contributed by atoms with Crippen LogP contribution in [0.25, 0.3) is 0 Å². The van der Waals surface area contributed by atoms with Crippen LogP contribution in [0.1, 0.15) is 27.7 Å². The molecule has 0 spiro atoms. The van der Waals surface area contributed by atoms with Gasteiger partial charge < -0.3 is 0 Å². The van der Waals surface area contributed by atoms with Crippen molar-refractivity contribution in [3.8, 4) is 0 Å². The van der Waals surface area contributed by atoms with Crippen LogP contribution in [0.4, 0.5) is 0 Å². The second-order valence-electron chi connectivity index (χ2n) is 5.03. The maximum absolute atomic E-state index is 6.21. The molecule has 90 valence electrons. The predicted octanol–water partition coefficient (Wildman–Crippen LogP) is 2.23. The van der Waals surface area contributed by atoms with E-state index < -0.39 is 19.2 Å². The van der Waals surface area contributed by atoms with E-state index >= 15 is 0 Å². The van der Waals surface area contributed by atoms with Crippen molar-refractivity contribution in [2.45, 2.75) is 35.6 Å². The molecule has 1 aliphatic heterocycles. The van der Waals surface area contributed by atoms with Gasteiger partial charge in [-0.1, -0.05) is 0 Å². The van der Waals surface area contributed by atoms with Gasteiger partial charge in [0.1, 0.15) is 0 Å². The quantitative estimate of drug-likeness (QED) is 0.728. The van der Waals surface area contributed by atoms with Crippen molar-refractivity contribution in [3.63, 3.8) is 0 Å². The summed E-state index contributed by atoms with van der Waals surface area (Å²) in [7, 11) is 2.12. The van der Waals surface area contributed by atoms with Gasteiger partial charge in [0, 0.05) is 0 Å². The van der Waals surface area contributed by atoms with Crippen molar-refractivity contribution >= 4 is 19.2 Å². The number of nitrogens with zero attached hydrogens (tertiary/aromatic N) is 1. The first-order chi connectivity index (χ1) is 6.99. The predicted molar refractivity (Wildman–Crippen MR) is 65.4 cm³/mol. The molecule has 4 heteroatoms. The van der Waals surface area contributed by atoms with Crippen molar-refractivity contribution in [1.29, 1.82) is 0 Å². The van der Waals surface area contributed by atoms with E-state index in [4.69, 9.17) is 6.15 Å². The van der Waals surface area contributed by atoms with E-state index in [-0.39, 0.29) is 0 Å². The first kappa shape index (κ1) is 13.7. The van der Waals surface area contributed by atoms with Gasteiger partial charge in [0.15, 0.2) is 0 Å². The van der Waals surface area contributed by atoms with Gasteiger partial charge in [-0.25, -0.2) is 0 Å². The molecule has 0 aromatic carbocycles. The fourth-order valence-electron chi connectivity index (χ4n) is 2.21. The molecule has 1 heterocycles. The molecule has 1 rings (SSSR count). The van der Waals surface area contributed by atoms with Crippen LogP contribution in [0.3, 0.4) is 0 Å². The molecule has 0 aromatic heterocycles. The molecular weight excluding hydrogens is 297 g/mol. The number of rotatable bonds is 2. The summed E-state index contributed by atoms with van der Waals surface area (Å²) in [6.07, 6.45) is 0. The Morgan fingerprint density at radius 1 is 0.933 bits per heavy atom. The standard InChI is InChI=1S/C5H11NO2.2C3H7.Sn/c1-6(2-4-7)3-5-8;2*1-3-2;/h2-5H2,1H3;2*3H,1-2H3;/q-2;;;+2. The van der Waals surface area contributed by atoms with E-state index in [0.29, 0.717) is 7.87 Å². The molecule has 0 N–H and O–H groups in total. The average Bonchev–Trinajstić information content (AvgIpc) is 2.09.